The summed E-state index contributed by atoms with van der Waals surface area (Å²) in [5, 5.41) is 6.19. The lowest BCUT2D eigenvalue weighted by Crippen LogP contribution is -2.49. The molecule has 1 aliphatic heterocycles. The summed E-state index contributed by atoms with van der Waals surface area (Å²) in [6.45, 7) is 5.61. The minimum absolute atomic E-state index is 0.153. The number of methoxy groups -OCH3 is 1. The van der Waals surface area contributed by atoms with Crippen molar-refractivity contribution in [3.8, 4) is 0 Å². The maximum atomic E-state index is 11.7. The molecule has 1 amide bonds. The lowest BCUT2D eigenvalue weighted by molar-refractivity contribution is -0.126. The average Bonchev–Trinajstić information content (AvgIpc) is 2.20. The molecule has 16 heavy (non-hydrogen) atoms. The maximum Gasteiger partial charge on any atom is 0.223 e. The minimum atomic E-state index is 0.153. The third-order valence-corrected chi connectivity index (χ3v) is 3.26. The summed E-state index contributed by atoms with van der Waals surface area (Å²) in [6, 6.07) is 0. The number of rotatable bonds is 8. The van der Waals surface area contributed by atoms with E-state index >= 15 is 0 Å². The van der Waals surface area contributed by atoms with Crippen molar-refractivity contribution >= 4 is 5.91 Å². The first-order chi connectivity index (χ1) is 7.75. The first kappa shape index (κ1) is 13.5. The summed E-state index contributed by atoms with van der Waals surface area (Å²) in [6.07, 6.45) is 3.24. The van der Waals surface area contributed by atoms with E-state index in [9.17, 15) is 4.79 Å². The Bertz CT molecular complexity index is 205. The fraction of sp³-hybridized carbons (Fsp3) is 0.917. The van der Waals surface area contributed by atoms with Crippen LogP contribution in [0.1, 0.15) is 26.2 Å². The van der Waals surface area contributed by atoms with Crippen LogP contribution in [0.25, 0.3) is 0 Å². The van der Waals surface area contributed by atoms with Gasteiger partial charge in [0.15, 0.2) is 0 Å². The van der Waals surface area contributed by atoms with Gasteiger partial charge in [0.2, 0.25) is 5.91 Å². The Hall–Kier alpha value is -0.610. The van der Waals surface area contributed by atoms with Crippen LogP contribution in [0, 0.1) is 11.8 Å². The first-order valence-electron chi connectivity index (χ1n) is 6.23. The molecule has 94 valence electrons. The number of amides is 1. The Labute approximate surface area is 98.1 Å². The van der Waals surface area contributed by atoms with Crippen molar-refractivity contribution in [2.75, 3.05) is 33.4 Å². The minimum Gasteiger partial charge on any atom is -0.385 e. The number of carbonyl (C=O) groups is 1. The Balaban J connectivity index is 1.97. The molecule has 0 radical (unpaired) electrons. The highest BCUT2D eigenvalue weighted by Crippen LogP contribution is 2.15. The smallest absolute Gasteiger partial charge is 0.223 e. The molecule has 0 bridgehead atoms. The van der Waals surface area contributed by atoms with Gasteiger partial charge >= 0.3 is 0 Å². The normalized spacial score (nSPS) is 17.9. The van der Waals surface area contributed by atoms with Crippen LogP contribution in [-0.2, 0) is 9.53 Å². The summed E-state index contributed by atoms with van der Waals surface area (Å²) < 4.78 is 4.97. The standard InChI is InChI=1S/C12H24N2O2/c1-10(11-8-13-9-11)12(15)14-6-4-3-5-7-16-2/h10-11,13H,3-9H2,1-2H3,(H,14,15). The monoisotopic (exact) mass is 228 g/mol. The number of hydrogen-bond acceptors (Lipinski definition) is 3. The van der Waals surface area contributed by atoms with Crippen molar-refractivity contribution in [3.05, 3.63) is 0 Å². The Morgan fingerprint density at radius 2 is 2.19 bits per heavy atom. The van der Waals surface area contributed by atoms with E-state index in [1.54, 1.807) is 7.11 Å². The molecule has 4 heteroatoms. The summed E-state index contributed by atoms with van der Waals surface area (Å²) in [5.41, 5.74) is 0. The average molecular weight is 228 g/mol. The van der Waals surface area contributed by atoms with Crippen LogP contribution >= 0.6 is 0 Å². The van der Waals surface area contributed by atoms with Crippen molar-refractivity contribution in [2.24, 2.45) is 11.8 Å². The summed E-state index contributed by atoms with van der Waals surface area (Å²) >= 11 is 0. The van der Waals surface area contributed by atoms with Crippen LogP contribution in [0.2, 0.25) is 0 Å². The molecule has 1 aliphatic rings. The Kier molecular flexibility index (Phi) is 6.42. The number of carbonyl (C=O) groups excluding carboxylic acids is 1. The van der Waals surface area contributed by atoms with Gasteiger partial charge in [-0.1, -0.05) is 6.92 Å². The van der Waals surface area contributed by atoms with Crippen LogP contribution in [0.15, 0.2) is 0 Å². The van der Waals surface area contributed by atoms with Gasteiger partial charge in [0.25, 0.3) is 0 Å². The van der Waals surface area contributed by atoms with Crippen LogP contribution < -0.4 is 10.6 Å². The molecule has 0 aromatic heterocycles. The second-order valence-corrected chi connectivity index (χ2v) is 4.55. The van der Waals surface area contributed by atoms with Crippen LogP contribution in [-0.4, -0.2) is 39.3 Å². The van der Waals surface area contributed by atoms with Gasteiger partial charge in [-0.2, -0.15) is 0 Å². The molecule has 0 aromatic rings. The molecule has 1 saturated heterocycles. The molecule has 0 spiro atoms. The number of unbranched alkanes of at least 4 members (excludes halogenated alkanes) is 2. The zero-order valence-electron chi connectivity index (χ0n) is 10.4. The van der Waals surface area contributed by atoms with Crippen molar-refractivity contribution in [3.63, 3.8) is 0 Å². The molecular formula is C12H24N2O2. The van der Waals surface area contributed by atoms with Gasteiger partial charge in [-0.25, -0.2) is 0 Å². The highest BCUT2D eigenvalue weighted by molar-refractivity contribution is 5.78. The van der Waals surface area contributed by atoms with Gasteiger partial charge in [0.05, 0.1) is 0 Å². The predicted octanol–water partition coefficient (Wildman–Crippen LogP) is 0.775. The highest BCUT2D eigenvalue weighted by Gasteiger charge is 2.28. The molecule has 1 unspecified atom stereocenters. The lowest BCUT2D eigenvalue weighted by atomic mass is 9.88. The van der Waals surface area contributed by atoms with E-state index in [4.69, 9.17) is 4.74 Å². The maximum absolute atomic E-state index is 11.7. The zero-order chi connectivity index (χ0) is 11.8. The molecule has 4 nitrogen and oxygen atoms in total. The Morgan fingerprint density at radius 1 is 1.44 bits per heavy atom. The Morgan fingerprint density at radius 3 is 2.75 bits per heavy atom. The number of ether oxygens (including phenoxy) is 1. The molecule has 1 rings (SSSR count). The fourth-order valence-corrected chi connectivity index (χ4v) is 1.80. The molecule has 0 aromatic carbocycles. The summed E-state index contributed by atoms with van der Waals surface area (Å²) in [7, 11) is 1.72. The van der Waals surface area contributed by atoms with Gasteiger partial charge < -0.3 is 15.4 Å². The molecular weight excluding hydrogens is 204 g/mol. The van der Waals surface area contributed by atoms with Gasteiger partial charge in [-0.15, -0.1) is 0 Å². The van der Waals surface area contributed by atoms with Gasteiger partial charge in [0.1, 0.15) is 0 Å². The number of nitrogens with one attached hydrogen (secondary N) is 2. The summed E-state index contributed by atoms with van der Waals surface area (Å²) in [4.78, 5) is 11.7. The van der Waals surface area contributed by atoms with Crippen molar-refractivity contribution in [1.82, 2.24) is 10.6 Å². The third kappa shape index (κ3) is 4.49. The van der Waals surface area contributed by atoms with Crippen molar-refractivity contribution < 1.29 is 9.53 Å². The molecule has 0 saturated carbocycles. The molecule has 0 aliphatic carbocycles. The van der Waals surface area contributed by atoms with E-state index in [0.717, 1.165) is 45.5 Å². The zero-order valence-corrected chi connectivity index (χ0v) is 10.4. The molecule has 1 fully saturated rings. The van der Waals surface area contributed by atoms with Crippen LogP contribution in [0.4, 0.5) is 0 Å². The summed E-state index contributed by atoms with van der Waals surface area (Å²) in [5.74, 6) is 0.895. The van der Waals surface area contributed by atoms with E-state index in [0.29, 0.717) is 5.92 Å². The second-order valence-electron chi connectivity index (χ2n) is 4.55. The first-order valence-corrected chi connectivity index (χ1v) is 6.23. The van der Waals surface area contributed by atoms with E-state index in [-0.39, 0.29) is 11.8 Å². The van der Waals surface area contributed by atoms with Crippen molar-refractivity contribution in [1.29, 1.82) is 0 Å². The third-order valence-electron chi connectivity index (χ3n) is 3.26. The van der Waals surface area contributed by atoms with E-state index in [2.05, 4.69) is 10.6 Å². The predicted molar refractivity (Wildman–Crippen MR) is 64.3 cm³/mol. The van der Waals surface area contributed by atoms with E-state index in [1.165, 1.54) is 0 Å². The van der Waals surface area contributed by atoms with Crippen LogP contribution in [0.5, 0.6) is 0 Å². The lowest BCUT2D eigenvalue weighted by Gasteiger charge is -2.31. The number of hydrogen-bond donors (Lipinski definition) is 2. The van der Waals surface area contributed by atoms with Crippen LogP contribution in [0.3, 0.4) is 0 Å². The molecule has 1 heterocycles. The van der Waals surface area contributed by atoms with Gasteiger partial charge in [-0.3, -0.25) is 4.79 Å². The molecule has 2 N–H and O–H groups in total. The van der Waals surface area contributed by atoms with E-state index in [1.807, 2.05) is 6.92 Å². The highest BCUT2D eigenvalue weighted by atomic mass is 16.5. The SMILES string of the molecule is COCCCCCNC(=O)C(C)C1CNC1. The second kappa shape index (κ2) is 7.63. The topological polar surface area (TPSA) is 50.4 Å². The van der Waals surface area contributed by atoms with E-state index < -0.39 is 0 Å². The quantitative estimate of drug-likeness (QED) is 0.603. The fourth-order valence-electron chi connectivity index (χ4n) is 1.80. The van der Waals surface area contributed by atoms with Crippen molar-refractivity contribution in [2.45, 2.75) is 26.2 Å². The largest absolute Gasteiger partial charge is 0.385 e. The van der Waals surface area contributed by atoms with Gasteiger partial charge in [0, 0.05) is 26.2 Å². The molecule has 1 atom stereocenters. The van der Waals surface area contributed by atoms with Gasteiger partial charge in [-0.05, 0) is 38.3 Å².